The minimum Gasteiger partial charge on any atom is -0.497 e. The number of aromatic nitrogens is 2. The molecule has 1 unspecified atom stereocenters. The lowest BCUT2D eigenvalue weighted by molar-refractivity contribution is -0.130. The van der Waals surface area contributed by atoms with Gasteiger partial charge in [0.15, 0.2) is 0 Å². The van der Waals surface area contributed by atoms with Crippen LogP contribution in [0.1, 0.15) is 36.3 Å². The Balaban J connectivity index is 1.56. The quantitative estimate of drug-likeness (QED) is 0.463. The molecule has 160 valence electrons. The molecule has 3 aromatic carbocycles. The molecular weight excluding hydrogens is 400 g/mol. The number of imidazole rings is 1. The highest BCUT2D eigenvalue weighted by molar-refractivity contribution is 6.03. The molecule has 5 rings (SSSR count). The van der Waals surface area contributed by atoms with Crippen LogP contribution in [-0.2, 0) is 11.3 Å². The Labute approximate surface area is 186 Å². The highest BCUT2D eigenvalue weighted by Crippen LogP contribution is 2.34. The Morgan fingerprint density at radius 3 is 2.44 bits per heavy atom. The Morgan fingerprint density at radius 2 is 1.72 bits per heavy atom. The van der Waals surface area contributed by atoms with Crippen molar-refractivity contribution in [2.24, 2.45) is 5.10 Å². The molecule has 1 aliphatic heterocycles. The molecule has 1 amide bonds. The molecule has 1 atom stereocenters. The van der Waals surface area contributed by atoms with Crippen LogP contribution in [0.5, 0.6) is 5.75 Å². The monoisotopic (exact) mass is 424 g/mol. The van der Waals surface area contributed by atoms with E-state index < -0.39 is 0 Å². The molecule has 1 aromatic heterocycles. The smallest absolute Gasteiger partial charge is 0.240 e. The van der Waals surface area contributed by atoms with Crippen molar-refractivity contribution in [3.8, 4) is 5.75 Å². The molecule has 2 heterocycles. The Bertz CT molecular complexity index is 1290. The van der Waals surface area contributed by atoms with Gasteiger partial charge in [0.05, 0.1) is 23.9 Å². The zero-order valence-electron chi connectivity index (χ0n) is 18.1. The van der Waals surface area contributed by atoms with Gasteiger partial charge in [-0.25, -0.2) is 9.99 Å². The van der Waals surface area contributed by atoms with Gasteiger partial charge >= 0.3 is 0 Å². The SMILES string of the molecule is COc1ccc(C2=NN(C(C)=O)C(c3nc4ccccc4n3Cc3ccccc3)C2)cc1. The second-order valence-corrected chi connectivity index (χ2v) is 7.89. The molecule has 0 N–H and O–H groups in total. The number of benzene rings is 3. The van der Waals surface area contributed by atoms with Crippen molar-refractivity contribution in [1.82, 2.24) is 14.6 Å². The van der Waals surface area contributed by atoms with Crippen molar-refractivity contribution in [1.29, 1.82) is 0 Å². The van der Waals surface area contributed by atoms with Crippen LogP contribution in [-0.4, -0.2) is 33.3 Å². The van der Waals surface area contributed by atoms with Gasteiger partial charge in [-0.15, -0.1) is 0 Å². The van der Waals surface area contributed by atoms with Gasteiger partial charge in [-0.1, -0.05) is 42.5 Å². The van der Waals surface area contributed by atoms with E-state index in [1.807, 2.05) is 60.7 Å². The summed E-state index contributed by atoms with van der Waals surface area (Å²) in [5.74, 6) is 1.53. The molecule has 6 nitrogen and oxygen atoms in total. The van der Waals surface area contributed by atoms with E-state index in [0.29, 0.717) is 13.0 Å². The zero-order valence-corrected chi connectivity index (χ0v) is 18.1. The average molecular weight is 425 g/mol. The van der Waals surface area contributed by atoms with Gasteiger partial charge in [-0.3, -0.25) is 4.79 Å². The number of para-hydroxylation sites is 2. The van der Waals surface area contributed by atoms with Gasteiger partial charge < -0.3 is 9.30 Å². The highest BCUT2D eigenvalue weighted by atomic mass is 16.5. The van der Waals surface area contributed by atoms with Crippen molar-refractivity contribution >= 4 is 22.7 Å². The van der Waals surface area contributed by atoms with Gasteiger partial charge in [0.25, 0.3) is 0 Å². The van der Waals surface area contributed by atoms with E-state index in [1.54, 1.807) is 19.0 Å². The average Bonchev–Trinajstić information content (AvgIpc) is 3.42. The normalized spacial score (nSPS) is 15.8. The van der Waals surface area contributed by atoms with Gasteiger partial charge in [-0.2, -0.15) is 5.10 Å². The van der Waals surface area contributed by atoms with Crippen LogP contribution in [0.2, 0.25) is 0 Å². The molecule has 0 aliphatic carbocycles. The lowest BCUT2D eigenvalue weighted by Gasteiger charge is -2.21. The number of carbonyl (C=O) groups is 1. The molecule has 0 fully saturated rings. The number of ether oxygens (including phenoxy) is 1. The summed E-state index contributed by atoms with van der Waals surface area (Å²) in [6.07, 6.45) is 0.601. The van der Waals surface area contributed by atoms with E-state index in [1.165, 1.54) is 5.56 Å². The van der Waals surface area contributed by atoms with E-state index in [-0.39, 0.29) is 11.9 Å². The fraction of sp³-hybridized carbons (Fsp3) is 0.192. The van der Waals surface area contributed by atoms with Crippen LogP contribution < -0.4 is 4.74 Å². The molecule has 6 heteroatoms. The predicted octanol–water partition coefficient (Wildman–Crippen LogP) is 4.79. The summed E-state index contributed by atoms with van der Waals surface area (Å²) in [7, 11) is 1.65. The van der Waals surface area contributed by atoms with E-state index in [2.05, 4.69) is 22.8 Å². The van der Waals surface area contributed by atoms with E-state index in [4.69, 9.17) is 14.8 Å². The third-order valence-electron chi connectivity index (χ3n) is 5.82. The van der Waals surface area contributed by atoms with Crippen molar-refractivity contribution in [2.75, 3.05) is 7.11 Å². The predicted molar refractivity (Wildman–Crippen MR) is 125 cm³/mol. The van der Waals surface area contributed by atoms with Crippen molar-refractivity contribution in [2.45, 2.75) is 25.9 Å². The van der Waals surface area contributed by atoms with Crippen LogP contribution in [0.25, 0.3) is 11.0 Å². The summed E-state index contributed by atoms with van der Waals surface area (Å²) in [6.45, 7) is 2.23. The topological polar surface area (TPSA) is 59.7 Å². The number of hydrogen-bond acceptors (Lipinski definition) is 4. The number of fused-ring (bicyclic) bond motifs is 1. The first kappa shape index (κ1) is 20.0. The van der Waals surface area contributed by atoms with E-state index in [0.717, 1.165) is 33.9 Å². The van der Waals surface area contributed by atoms with E-state index in [9.17, 15) is 4.79 Å². The lowest BCUT2D eigenvalue weighted by Crippen LogP contribution is -2.27. The Hall–Kier alpha value is -3.93. The second kappa shape index (κ2) is 8.30. The van der Waals surface area contributed by atoms with Gasteiger partial charge in [0.2, 0.25) is 5.91 Å². The number of carbonyl (C=O) groups excluding carboxylic acids is 1. The number of nitrogens with zero attached hydrogens (tertiary/aromatic N) is 4. The molecule has 0 saturated carbocycles. The summed E-state index contributed by atoms with van der Waals surface area (Å²) in [5.41, 5.74) is 4.99. The van der Waals surface area contributed by atoms with Gasteiger partial charge in [0, 0.05) is 19.9 Å². The molecule has 0 saturated heterocycles. The lowest BCUT2D eigenvalue weighted by atomic mass is 10.0. The third-order valence-corrected chi connectivity index (χ3v) is 5.82. The maximum Gasteiger partial charge on any atom is 0.240 e. The molecule has 32 heavy (non-hydrogen) atoms. The van der Waals surface area contributed by atoms with Crippen LogP contribution >= 0.6 is 0 Å². The van der Waals surface area contributed by atoms with Crippen LogP contribution in [0, 0.1) is 0 Å². The van der Waals surface area contributed by atoms with Gasteiger partial charge in [0.1, 0.15) is 17.6 Å². The maximum absolute atomic E-state index is 12.6. The summed E-state index contributed by atoms with van der Waals surface area (Å²) in [4.78, 5) is 17.5. The largest absolute Gasteiger partial charge is 0.497 e. The minimum absolute atomic E-state index is 0.100. The van der Waals surface area contributed by atoms with E-state index >= 15 is 0 Å². The highest BCUT2D eigenvalue weighted by Gasteiger charge is 2.35. The van der Waals surface area contributed by atoms with Crippen molar-refractivity contribution < 1.29 is 9.53 Å². The molecule has 1 aliphatic rings. The second-order valence-electron chi connectivity index (χ2n) is 7.89. The molecule has 0 bridgehead atoms. The Kier molecular flexibility index (Phi) is 5.19. The van der Waals surface area contributed by atoms with Crippen molar-refractivity contribution in [3.05, 3.63) is 95.8 Å². The first-order valence-corrected chi connectivity index (χ1v) is 10.6. The minimum atomic E-state index is -0.263. The first-order chi connectivity index (χ1) is 15.6. The van der Waals surface area contributed by atoms with Crippen molar-refractivity contribution in [3.63, 3.8) is 0 Å². The summed E-state index contributed by atoms with van der Waals surface area (Å²) >= 11 is 0. The zero-order chi connectivity index (χ0) is 22.1. The van der Waals surface area contributed by atoms with Crippen LogP contribution in [0.4, 0.5) is 0 Å². The number of methoxy groups -OCH3 is 1. The molecular formula is C26H24N4O2. The van der Waals surface area contributed by atoms with Crippen LogP contribution in [0.3, 0.4) is 0 Å². The fourth-order valence-corrected chi connectivity index (χ4v) is 4.24. The summed E-state index contributed by atoms with van der Waals surface area (Å²) < 4.78 is 7.48. The van der Waals surface area contributed by atoms with Crippen LogP contribution in [0.15, 0.2) is 84.0 Å². The fourth-order valence-electron chi connectivity index (χ4n) is 4.24. The third kappa shape index (κ3) is 3.64. The summed E-state index contributed by atoms with van der Waals surface area (Å²) in [6, 6.07) is 25.9. The van der Waals surface area contributed by atoms with Gasteiger partial charge in [-0.05, 0) is 47.5 Å². The first-order valence-electron chi connectivity index (χ1n) is 10.6. The molecule has 0 spiro atoms. The number of hydrazone groups is 1. The number of amides is 1. The Morgan fingerprint density at radius 1 is 1.00 bits per heavy atom. The number of rotatable bonds is 5. The molecule has 0 radical (unpaired) electrons. The maximum atomic E-state index is 12.6. The standard InChI is InChI=1S/C26H24N4O2/c1-18(31)30-25(16-23(28-30)20-12-14-21(32-2)15-13-20)26-27-22-10-6-7-11-24(22)29(26)17-19-8-4-3-5-9-19/h3-15,25H,16-17H2,1-2H3. The molecule has 4 aromatic rings. The number of hydrogen-bond donors (Lipinski definition) is 0. The summed E-state index contributed by atoms with van der Waals surface area (Å²) in [5, 5.41) is 6.27.